The van der Waals surface area contributed by atoms with Gasteiger partial charge in [0.05, 0.1) is 5.56 Å². The standard InChI is InChI=1S/C17H13F3N4O2/c18-17(19,20)11-4-3-5-12(10-11)22-14(25)7-8-15-23-16(24-26-15)13-6-1-2-9-21-13/h1-6,9-10H,7-8H2,(H,22,25). The van der Waals surface area contributed by atoms with Gasteiger partial charge in [0.2, 0.25) is 17.6 Å². The van der Waals surface area contributed by atoms with E-state index in [1.807, 2.05) is 0 Å². The molecule has 0 bridgehead atoms. The summed E-state index contributed by atoms with van der Waals surface area (Å²) >= 11 is 0. The van der Waals surface area contributed by atoms with Crippen LogP contribution in [0.4, 0.5) is 18.9 Å². The van der Waals surface area contributed by atoms with Crippen molar-refractivity contribution in [3.05, 3.63) is 60.1 Å². The maximum absolute atomic E-state index is 12.7. The SMILES string of the molecule is O=C(CCc1nc(-c2ccccn2)no1)Nc1cccc(C(F)(F)F)c1. The Morgan fingerprint density at radius 3 is 2.73 bits per heavy atom. The van der Waals surface area contributed by atoms with E-state index in [2.05, 4.69) is 20.4 Å². The van der Waals surface area contributed by atoms with E-state index in [0.29, 0.717) is 11.5 Å². The summed E-state index contributed by atoms with van der Waals surface area (Å²) < 4.78 is 43.1. The summed E-state index contributed by atoms with van der Waals surface area (Å²) in [6.45, 7) is 0. The van der Waals surface area contributed by atoms with Gasteiger partial charge in [-0.05, 0) is 30.3 Å². The molecule has 0 aliphatic heterocycles. The highest BCUT2D eigenvalue weighted by Gasteiger charge is 2.30. The summed E-state index contributed by atoms with van der Waals surface area (Å²) in [7, 11) is 0. The maximum atomic E-state index is 12.7. The topological polar surface area (TPSA) is 80.9 Å². The summed E-state index contributed by atoms with van der Waals surface area (Å²) in [5.41, 5.74) is -0.215. The molecule has 0 saturated heterocycles. The molecule has 26 heavy (non-hydrogen) atoms. The number of alkyl halides is 3. The second-order valence-electron chi connectivity index (χ2n) is 5.35. The van der Waals surface area contributed by atoms with Gasteiger partial charge in [-0.1, -0.05) is 17.3 Å². The first-order chi connectivity index (χ1) is 12.4. The maximum Gasteiger partial charge on any atom is 0.416 e. The molecule has 0 atom stereocenters. The molecule has 2 aromatic heterocycles. The van der Waals surface area contributed by atoms with Gasteiger partial charge in [-0.2, -0.15) is 18.2 Å². The van der Waals surface area contributed by atoms with Gasteiger partial charge < -0.3 is 9.84 Å². The van der Waals surface area contributed by atoms with Crippen molar-refractivity contribution in [3.63, 3.8) is 0 Å². The van der Waals surface area contributed by atoms with E-state index in [-0.39, 0.29) is 24.4 Å². The zero-order valence-corrected chi connectivity index (χ0v) is 13.3. The number of pyridine rings is 1. The number of rotatable bonds is 5. The number of carbonyl (C=O) groups excluding carboxylic acids is 1. The number of anilines is 1. The molecule has 2 heterocycles. The second-order valence-corrected chi connectivity index (χ2v) is 5.35. The quantitative estimate of drug-likeness (QED) is 0.748. The molecule has 134 valence electrons. The minimum atomic E-state index is -4.47. The van der Waals surface area contributed by atoms with E-state index in [1.165, 1.54) is 12.1 Å². The van der Waals surface area contributed by atoms with Crippen LogP contribution < -0.4 is 5.32 Å². The van der Waals surface area contributed by atoms with E-state index < -0.39 is 17.6 Å². The average Bonchev–Trinajstić information content (AvgIpc) is 3.09. The van der Waals surface area contributed by atoms with E-state index >= 15 is 0 Å². The molecule has 0 fully saturated rings. The lowest BCUT2D eigenvalue weighted by atomic mass is 10.2. The number of nitrogens with one attached hydrogen (secondary N) is 1. The number of carbonyl (C=O) groups is 1. The summed E-state index contributed by atoms with van der Waals surface area (Å²) in [5.74, 6) is 0.0886. The lowest BCUT2D eigenvalue weighted by Crippen LogP contribution is -2.13. The predicted octanol–water partition coefficient (Wildman–Crippen LogP) is 3.72. The zero-order chi connectivity index (χ0) is 18.6. The van der Waals surface area contributed by atoms with Crippen LogP contribution in [-0.4, -0.2) is 21.0 Å². The molecule has 1 amide bonds. The molecule has 3 rings (SSSR count). The fraction of sp³-hybridized carbons (Fsp3) is 0.176. The molecule has 9 heteroatoms. The summed E-state index contributed by atoms with van der Waals surface area (Å²) in [5, 5.41) is 6.20. The Morgan fingerprint density at radius 1 is 1.15 bits per heavy atom. The number of hydrogen-bond donors (Lipinski definition) is 1. The minimum Gasteiger partial charge on any atom is -0.339 e. The third kappa shape index (κ3) is 4.44. The van der Waals surface area contributed by atoms with Gasteiger partial charge in [0.1, 0.15) is 5.69 Å². The van der Waals surface area contributed by atoms with Crippen LogP contribution in [0.3, 0.4) is 0 Å². The minimum absolute atomic E-state index is 0.0138. The molecule has 0 aliphatic rings. The van der Waals surface area contributed by atoms with Gasteiger partial charge in [-0.25, -0.2) is 0 Å². The normalized spacial score (nSPS) is 11.3. The van der Waals surface area contributed by atoms with Crippen molar-refractivity contribution in [1.82, 2.24) is 15.1 Å². The zero-order valence-electron chi connectivity index (χ0n) is 13.3. The van der Waals surface area contributed by atoms with Crippen molar-refractivity contribution in [2.45, 2.75) is 19.0 Å². The Hall–Kier alpha value is -3.23. The number of aromatic nitrogens is 3. The molecule has 1 aromatic carbocycles. The Kier molecular flexibility index (Phi) is 4.97. The molecule has 0 saturated carbocycles. The molecule has 1 N–H and O–H groups in total. The first-order valence-corrected chi connectivity index (χ1v) is 7.63. The van der Waals surface area contributed by atoms with Crippen LogP contribution in [0, 0.1) is 0 Å². The van der Waals surface area contributed by atoms with Crippen molar-refractivity contribution in [2.24, 2.45) is 0 Å². The van der Waals surface area contributed by atoms with Gasteiger partial charge in [0.15, 0.2) is 0 Å². The van der Waals surface area contributed by atoms with Crippen molar-refractivity contribution in [1.29, 1.82) is 0 Å². The first kappa shape index (κ1) is 17.6. The van der Waals surface area contributed by atoms with E-state index in [1.54, 1.807) is 24.4 Å². The van der Waals surface area contributed by atoms with E-state index in [0.717, 1.165) is 12.1 Å². The van der Waals surface area contributed by atoms with Crippen LogP contribution in [0.2, 0.25) is 0 Å². The van der Waals surface area contributed by atoms with Crippen LogP contribution >= 0.6 is 0 Å². The number of amides is 1. The van der Waals surface area contributed by atoms with Gasteiger partial charge in [0.25, 0.3) is 0 Å². The lowest BCUT2D eigenvalue weighted by molar-refractivity contribution is -0.137. The van der Waals surface area contributed by atoms with Gasteiger partial charge in [-0.15, -0.1) is 0 Å². The Morgan fingerprint density at radius 2 is 2.00 bits per heavy atom. The number of hydrogen-bond acceptors (Lipinski definition) is 5. The van der Waals surface area contributed by atoms with Crippen molar-refractivity contribution >= 4 is 11.6 Å². The largest absolute Gasteiger partial charge is 0.416 e. The van der Waals surface area contributed by atoms with Gasteiger partial charge in [-0.3, -0.25) is 9.78 Å². The monoisotopic (exact) mass is 362 g/mol. The van der Waals surface area contributed by atoms with Gasteiger partial charge in [0, 0.05) is 24.7 Å². The second kappa shape index (κ2) is 7.34. The number of nitrogens with zero attached hydrogens (tertiary/aromatic N) is 3. The molecule has 3 aromatic rings. The highest BCUT2D eigenvalue weighted by Crippen LogP contribution is 2.30. The summed E-state index contributed by atoms with van der Waals surface area (Å²) in [6, 6.07) is 9.68. The first-order valence-electron chi connectivity index (χ1n) is 7.63. The van der Waals surface area contributed by atoms with Gasteiger partial charge >= 0.3 is 6.18 Å². The highest BCUT2D eigenvalue weighted by atomic mass is 19.4. The number of benzene rings is 1. The third-order valence-corrected chi connectivity index (χ3v) is 3.40. The highest BCUT2D eigenvalue weighted by molar-refractivity contribution is 5.90. The smallest absolute Gasteiger partial charge is 0.339 e. The Bertz CT molecular complexity index is 894. The fourth-order valence-electron chi connectivity index (χ4n) is 2.17. The van der Waals surface area contributed by atoms with Crippen LogP contribution in [0.25, 0.3) is 11.5 Å². The molecule has 0 unspecified atom stereocenters. The third-order valence-electron chi connectivity index (χ3n) is 3.40. The molecular weight excluding hydrogens is 349 g/mol. The van der Waals surface area contributed by atoms with E-state index in [9.17, 15) is 18.0 Å². The predicted molar refractivity (Wildman–Crippen MR) is 85.9 cm³/mol. The molecule has 0 radical (unpaired) electrons. The average molecular weight is 362 g/mol. The van der Waals surface area contributed by atoms with Crippen LogP contribution in [0.1, 0.15) is 17.9 Å². The Labute approximate surface area is 146 Å². The molecular formula is C17H13F3N4O2. The number of halogens is 3. The van der Waals surface area contributed by atoms with Crippen LogP contribution in [0.15, 0.2) is 53.2 Å². The lowest BCUT2D eigenvalue weighted by Gasteiger charge is -2.09. The Balaban J connectivity index is 1.57. The summed E-state index contributed by atoms with van der Waals surface area (Å²) in [6.07, 6.45) is -2.73. The van der Waals surface area contributed by atoms with E-state index in [4.69, 9.17) is 4.52 Å². The molecule has 6 nitrogen and oxygen atoms in total. The summed E-state index contributed by atoms with van der Waals surface area (Å²) in [4.78, 5) is 20.2. The number of aryl methyl sites for hydroxylation is 1. The van der Waals surface area contributed by atoms with Crippen molar-refractivity contribution in [2.75, 3.05) is 5.32 Å². The van der Waals surface area contributed by atoms with Crippen molar-refractivity contribution in [3.8, 4) is 11.5 Å². The van der Waals surface area contributed by atoms with Crippen LogP contribution in [-0.2, 0) is 17.4 Å². The molecule has 0 spiro atoms. The molecule has 0 aliphatic carbocycles. The van der Waals surface area contributed by atoms with Crippen LogP contribution in [0.5, 0.6) is 0 Å². The van der Waals surface area contributed by atoms with Crippen molar-refractivity contribution < 1.29 is 22.5 Å². The fourth-order valence-corrected chi connectivity index (χ4v) is 2.17.